The number of piperazine rings is 1. The molecule has 1 aliphatic heterocycles. The molecule has 2 rings (SSSR count). The Balaban J connectivity index is 1.77. The summed E-state index contributed by atoms with van der Waals surface area (Å²) in [6, 6.07) is 0.241. The van der Waals surface area contributed by atoms with E-state index in [4.69, 9.17) is 4.74 Å². The van der Waals surface area contributed by atoms with Crippen molar-refractivity contribution in [3.8, 4) is 0 Å². The molecule has 6 heteroatoms. The Morgan fingerprint density at radius 2 is 1.62 bits per heavy atom. The standard InChI is InChI=1S/C15H26F2N2O2/c1-14(2,3)21-13(20)19-10-8-18(9-11-19)12-4-6-15(16,17)7-5-12/h12H,4-11H2,1-3H3. The van der Waals surface area contributed by atoms with Crippen LogP contribution in [0.15, 0.2) is 0 Å². The second-order valence-electron chi connectivity index (χ2n) is 7.09. The number of carbonyl (C=O) groups excluding carboxylic acids is 1. The number of hydrogen-bond acceptors (Lipinski definition) is 3. The Hall–Kier alpha value is -0.910. The molecule has 1 heterocycles. The van der Waals surface area contributed by atoms with Gasteiger partial charge in [0.1, 0.15) is 5.60 Å². The van der Waals surface area contributed by atoms with Gasteiger partial charge in [-0.2, -0.15) is 0 Å². The molecule has 1 amide bonds. The Labute approximate surface area is 125 Å². The van der Waals surface area contributed by atoms with Gasteiger partial charge in [-0.25, -0.2) is 13.6 Å². The van der Waals surface area contributed by atoms with Crippen molar-refractivity contribution in [1.29, 1.82) is 0 Å². The topological polar surface area (TPSA) is 32.8 Å². The van der Waals surface area contributed by atoms with Crippen molar-refractivity contribution < 1.29 is 18.3 Å². The van der Waals surface area contributed by atoms with Gasteiger partial charge in [0.15, 0.2) is 0 Å². The highest BCUT2D eigenvalue weighted by Gasteiger charge is 2.38. The maximum Gasteiger partial charge on any atom is 0.410 e. The third kappa shape index (κ3) is 4.80. The molecule has 1 aliphatic carbocycles. The molecule has 1 saturated heterocycles. The molecule has 0 radical (unpaired) electrons. The van der Waals surface area contributed by atoms with Crippen LogP contribution < -0.4 is 0 Å². The zero-order valence-electron chi connectivity index (χ0n) is 13.2. The summed E-state index contributed by atoms with van der Waals surface area (Å²) in [5.74, 6) is -2.48. The van der Waals surface area contributed by atoms with Crippen LogP contribution in [0.3, 0.4) is 0 Å². The Morgan fingerprint density at radius 3 is 2.10 bits per heavy atom. The summed E-state index contributed by atoms with van der Waals surface area (Å²) in [7, 11) is 0. The van der Waals surface area contributed by atoms with Crippen LogP contribution in [0.25, 0.3) is 0 Å². The van der Waals surface area contributed by atoms with E-state index in [-0.39, 0.29) is 25.0 Å². The van der Waals surface area contributed by atoms with Crippen LogP contribution in [0.2, 0.25) is 0 Å². The number of amides is 1. The quantitative estimate of drug-likeness (QED) is 0.746. The van der Waals surface area contributed by atoms with E-state index in [1.807, 2.05) is 20.8 Å². The van der Waals surface area contributed by atoms with Crippen molar-refractivity contribution in [1.82, 2.24) is 9.80 Å². The SMILES string of the molecule is CC(C)(C)OC(=O)N1CCN(C2CCC(F)(F)CC2)CC1. The molecule has 0 aromatic rings. The lowest BCUT2D eigenvalue weighted by Crippen LogP contribution is -2.53. The van der Waals surface area contributed by atoms with Gasteiger partial charge < -0.3 is 9.64 Å². The predicted octanol–water partition coefficient (Wildman–Crippen LogP) is 3.12. The number of alkyl halides is 2. The largest absolute Gasteiger partial charge is 0.444 e. The van der Waals surface area contributed by atoms with Gasteiger partial charge in [0.25, 0.3) is 0 Å². The van der Waals surface area contributed by atoms with E-state index in [0.717, 1.165) is 13.1 Å². The molecule has 2 aliphatic rings. The van der Waals surface area contributed by atoms with Crippen LogP contribution in [-0.2, 0) is 4.74 Å². The number of carbonyl (C=O) groups is 1. The molecule has 0 spiro atoms. The fourth-order valence-electron chi connectivity index (χ4n) is 2.99. The molecular weight excluding hydrogens is 278 g/mol. The molecule has 0 aromatic carbocycles. The Kier molecular flexibility index (Phi) is 4.76. The minimum absolute atomic E-state index is 0.00997. The van der Waals surface area contributed by atoms with Crippen molar-refractivity contribution in [2.24, 2.45) is 0 Å². The second-order valence-corrected chi connectivity index (χ2v) is 7.09. The maximum absolute atomic E-state index is 13.2. The van der Waals surface area contributed by atoms with Crippen LogP contribution in [-0.4, -0.2) is 59.6 Å². The number of rotatable bonds is 1. The van der Waals surface area contributed by atoms with Crippen LogP contribution in [0.4, 0.5) is 13.6 Å². The number of hydrogen-bond donors (Lipinski definition) is 0. The summed E-state index contributed by atoms with van der Waals surface area (Å²) in [6.45, 7) is 8.27. The third-order valence-corrected chi connectivity index (χ3v) is 4.17. The third-order valence-electron chi connectivity index (χ3n) is 4.17. The van der Waals surface area contributed by atoms with Crippen molar-refractivity contribution in [3.63, 3.8) is 0 Å². The molecule has 1 saturated carbocycles. The summed E-state index contributed by atoms with van der Waals surface area (Å²) in [4.78, 5) is 15.9. The van der Waals surface area contributed by atoms with Gasteiger partial charge in [-0.05, 0) is 33.6 Å². The van der Waals surface area contributed by atoms with Crippen molar-refractivity contribution in [3.05, 3.63) is 0 Å². The van der Waals surface area contributed by atoms with Crippen LogP contribution in [0, 0.1) is 0 Å². The van der Waals surface area contributed by atoms with E-state index in [2.05, 4.69) is 4.90 Å². The average Bonchev–Trinajstić information content (AvgIpc) is 2.37. The number of halogens is 2. The van der Waals surface area contributed by atoms with Crippen molar-refractivity contribution in [2.45, 2.75) is 64.0 Å². The molecular formula is C15H26F2N2O2. The smallest absolute Gasteiger partial charge is 0.410 e. The summed E-state index contributed by atoms with van der Waals surface area (Å²) >= 11 is 0. The monoisotopic (exact) mass is 304 g/mol. The highest BCUT2D eigenvalue weighted by Crippen LogP contribution is 2.35. The summed E-state index contributed by atoms with van der Waals surface area (Å²) in [5, 5.41) is 0. The minimum Gasteiger partial charge on any atom is -0.444 e. The zero-order valence-corrected chi connectivity index (χ0v) is 13.2. The van der Waals surface area contributed by atoms with Crippen LogP contribution >= 0.6 is 0 Å². The lowest BCUT2D eigenvalue weighted by atomic mass is 9.91. The fraction of sp³-hybridized carbons (Fsp3) is 0.933. The number of ether oxygens (including phenoxy) is 1. The molecule has 21 heavy (non-hydrogen) atoms. The molecule has 122 valence electrons. The van der Waals surface area contributed by atoms with Gasteiger partial charge in [-0.1, -0.05) is 0 Å². The molecule has 0 aromatic heterocycles. The molecule has 0 N–H and O–H groups in total. The van der Waals surface area contributed by atoms with E-state index in [1.54, 1.807) is 4.90 Å². The van der Waals surface area contributed by atoms with E-state index < -0.39 is 11.5 Å². The van der Waals surface area contributed by atoms with Gasteiger partial charge in [0.2, 0.25) is 5.92 Å². The highest BCUT2D eigenvalue weighted by molar-refractivity contribution is 5.68. The number of nitrogens with zero attached hydrogens (tertiary/aromatic N) is 2. The lowest BCUT2D eigenvalue weighted by Gasteiger charge is -2.42. The first-order chi connectivity index (χ1) is 9.66. The van der Waals surface area contributed by atoms with E-state index >= 15 is 0 Å². The molecule has 4 nitrogen and oxygen atoms in total. The minimum atomic E-state index is -2.48. The van der Waals surface area contributed by atoms with E-state index in [9.17, 15) is 13.6 Å². The summed E-state index contributed by atoms with van der Waals surface area (Å²) < 4.78 is 31.7. The molecule has 2 fully saturated rings. The Bertz CT molecular complexity index is 364. The highest BCUT2D eigenvalue weighted by atomic mass is 19.3. The summed E-state index contributed by atoms with van der Waals surface area (Å²) in [5.41, 5.74) is -0.483. The predicted molar refractivity (Wildman–Crippen MR) is 76.6 cm³/mol. The second kappa shape index (κ2) is 6.07. The van der Waals surface area contributed by atoms with Gasteiger partial charge in [0.05, 0.1) is 0 Å². The first-order valence-corrected chi connectivity index (χ1v) is 7.76. The first-order valence-electron chi connectivity index (χ1n) is 7.76. The van der Waals surface area contributed by atoms with E-state index in [1.165, 1.54) is 0 Å². The van der Waals surface area contributed by atoms with Crippen molar-refractivity contribution in [2.75, 3.05) is 26.2 Å². The van der Waals surface area contributed by atoms with Gasteiger partial charge in [-0.3, -0.25) is 4.90 Å². The summed E-state index contributed by atoms with van der Waals surface area (Å²) in [6.07, 6.45) is 0.810. The van der Waals surface area contributed by atoms with Gasteiger partial charge in [0, 0.05) is 45.1 Å². The zero-order chi connectivity index (χ0) is 15.7. The normalized spacial score (nSPS) is 24.9. The van der Waals surface area contributed by atoms with Gasteiger partial charge in [-0.15, -0.1) is 0 Å². The molecule has 0 bridgehead atoms. The molecule has 0 unspecified atom stereocenters. The first kappa shape index (κ1) is 16.5. The van der Waals surface area contributed by atoms with E-state index in [0.29, 0.717) is 25.9 Å². The Morgan fingerprint density at radius 1 is 1.10 bits per heavy atom. The fourth-order valence-corrected chi connectivity index (χ4v) is 2.99. The van der Waals surface area contributed by atoms with Crippen LogP contribution in [0.5, 0.6) is 0 Å². The van der Waals surface area contributed by atoms with Crippen molar-refractivity contribution >= 4 is 6.09 Å². The maximum atomic E-state index is 13.2. The van der Waals surface area contributed by atoms with Crippen LogP contribution in [0.1, 0.15) is 46.5 Å². The lowest BCUT2D eigenvalue weighted by molar-refractivity contribution is -0.0584. The van der Waals surface area contributed by atoms with Gasteiger partial charge >= 0.3 is 6.09 Å². The average molecular weight is 304 g/mol. The molecule has 0 atom stereocenters.